The van der Waals surface area contributed by atoms with E-state index in [9.17, 15) is 9.90 Å². The first-order valence-electron chi connectivity index (χ1n) is 7.54. The molecule has 0 saturated heterocycles. The van der Waals surface area contributed by atoms with Gasteiger partial charge in [0.2, 0.25) is 11.7 Å². The number of aliphatic hydroxyl groups is 1. The van der Waals surface area contributed by atoms with Gasteiger partial charge in [0.15, 0.2) is 0 Å². The highest BCUT2D eigenvalue weighted by molar-refractivity contribution is 6.17. The summed E-state index contributed by atoms with van der Waals surface area (Å²) in [5, 5.41) is 13.8. The number of guanidine groups is 1. The Bertz CT molecular complexity index is 802. The molecule has 0 aromatic heterocycles. The van der Waals surface area contributed by atoms with Crippen molar-refractivity contribution in [2.24, 2.45) is 9.98 Å². The van der Waals surface area contributed by atoms with E-state index >= 15 is 0 Å². The summed E-state index contributed by atoms with van der Waals surface area (Å²) in [7, 11) is 3.08. The monoisotopic (exact) mass is 322 g/mol. The van der Waals surface area contributed by atoms with Crippen LogP contribution in [0.25, 0.3) is 0 Å². The molecule has 122 valence electrons. The summed E-state index contributed by atoms with van der Waals surface area (Å²) >= 11 is 0. The SMILES string of the molecule is CNC(=O)N(C)C1=NC(O)(c2ccccc2)C(c2ccccc2)=N1. The maximum absolute atomic E-state index is 11.9. The summed E-state index contributed by atoms with van der Waals surface area (Å²) in [6, 6.07) is 18.0. The van der Waals surface area contributed by atoms with E-state index < -0.39 is 5.72 Å². The molecule has 6 nitrogen and oxygen atoms in total. The minimum absolute atomic E-state index is 0.152. The molecule has 2 amide bonds. The summed E-state index contributed by atoms with van der Waals surface area (Å²) in [5.41, 5.74) is 0.0844. The molecule has 0 fully saturated rings. The smallest absolute Gasteiger partial charge is 0.323 e. The first kappa shape index (κ1) is 15.9. The van der Waals surface area contributed by atoms with Crippen LogP contribution in [0.2, 0.25) is 0 Å². The van der Waals surface area contributed by atoms with Crippen molar-refractivity contribution in [1.29, 1.82) is 0 Å². The van der Waals surface area contributed by atoms with Crippen LogP contribution in [0.5, 0.6) is 0 Å². The highest BCUT2D eigenvalue weighted by Crippen LogP contribution is 2.32. The van der Waals surface area contributed by atoms with E-state index in [1.54, 1.807) is 19.2 Å². The van der Waals surface area contributed by atoms with Gasteiger partial charge in [-0.2, -0.15) is 0 Å². The van der Waals surface area contributed by atoms with Crippen molar-refractivity contribution < 1.29 is 9.90 Å². The van der Waals surface area contributed by atoms with Gasteiger partial charge in [-0.1, -0.05) is 60.7 Å². The quantitative estimate of drug-likeness (QED) is 0.886. The summed E-state index contributed by atoms with van der Waals surface area (Å²) in [6.07, 6.45) is 0. The summed E-state index contributed by atoms with van der Waals surface area (Å²) in [4.78, 5) is 21.9. The second-order valence-electron chi connectivity index (χ2n) is 5.39. The summed E-state index contributed by atoms with van der Waals surface area (Å²) in [5.74, 6) is 0.152. The molecular weight excluding hydrogens is 304 g/mol. The molecule has 1 unspecified atom stereocenters. The molecular formula is C18H18N4O2. The van der Waals surface area contributed by atoms with Gasteiger partial charge in [0.25, 0.3) is 0 Å². The van der Waals surface area contributed by atoms with Crippen molar-refractivity contribution in [2.75, 3.05) is 14.1 Å². The molecule has 2 N–H and O–H groups in total. The van der Waals surface area contributed by atoms with Gasteiger partial charge in [-0.25, -0.2) is 14.8 Å². The third-order valence-electron chi connectivity index (χ3n) is 3.85. The predicted octanol–water partition coefficient (Wildman–Crippen LogP) is 1.96. The fourth-order valence-electron chi connectivity index (χ4n) is 2.54. The number of benzene rings is 2. The third kappa shape index (κ3) is 2.68. The van der Waals surface area contributed by atoms with Crippen LogP contribution in [0.3, 0.4) is 0 Å². The van der Waals surface area contributed by atoms with Crippen molar-refractivity contribution in [3.8, 4) is 0 Å². The normalized spacial score (nSPS) is 19.5. The number of nitrogens with one attached hydrogen (secondary N) is 1. The molecule has 0 radical (unpaired) electrons. The Labute approximate surface area is 140 Å². The lowest BCUT2D eigenvalue weighted by Crippen LogP contribution is -2.38. The topological polar surface area (TPSA) is 77.3 Å². The lowest BCUT2D eigenvalue weighted by atomic mass is 9.94. The number of aliphatic imine (C=N–C) groups is 2. The lowest BCUT2D eigenvalue weighted by Gasteiger charge is -2.22. The Kier molecular flexibility index (Phi) is 4.14. The zero-order chi connectivity index (χ0) is 17.2. The first-order chi connectivity index (χ1) is 11.6. The van der Waals surface area contributed by atoms with Gasteiger partial charge in [0.1, 0.15) is 5.71 Å². The minimum atomic E-state index is -1.64. The number of hydrogen-bond acceptors (Lipinski definition) is 4. The molecule has 0 spiro atoms. The fraction of sp³-hybridized carbons (Fsp3) is 0.167. The van der Waals surface area contributed by atoms with E-state index in [2.05, 4.69) is 15.3 Å². The van der Waals surface area contributed by atoms with Gasteiger partial charge in [0, 0.05) is 25.2 Å². The predicted molar refractivity (Wildman–Crippen MR) is 93.0 cm³/mol. The lowest BCUT2D eigenvalue weighted by molar-refractivity contribution is 0.125. The number of carbonyl (C=O) groups is 1. The first-order valence-corrected chi connectivity index (χ1v) is 7.54. The average molecular weight is 322 g/mol. The fourth-order valence-corrected chi connectivity index (χ4v) is 2.54. The number of rotatable bonds is 2. The van der Waals surface area contributed by atoms with Crippen LogP contribution >= 0.6 is 0 Å². The van der Waals surface area contributed by atoms with E-state index in [-0.39, 0.29) is 12.0 Å². The number of hydrogen-bond donors (Lipinski definition) is 2. The zero-order valence-electron chi connectivity index (χ0n) is 13.5. The van der Waals surface area contributed by atoms with Crippen molar-refractivity contribution in [1.82, 2.24) is 10.2 Å². The van der Waals surface area contributed by atoms with Gasteiger partial charge >= 0.3 is 6.03 Å². The Morgan fingerprint density at radius 3 is 2.25 bits per heavy atom. The molecule has 0 bridgehead atoms. The Morgan fingerprint density at radius 2 is 1.67 bits per heavy atom. The minimum Gasteiger partial charge on any atom is -0.361 e. The molecule has 2 aromatic rings. The van der Waals surface area contributed by atoms with Crippen LogP contribution in [0, 0.1) is 0 Å². The van der Waals surface area contributed by atoms with Gasteiger partial charge in [0.05, 0.1) is 0 Å². The third-order valence-corrected chi connectivity index (χ3v) is 3.85. The molecule has 1 atom stereocenters. The van der Waals surface area contributed by atoms with Gasteiger partial charge in [-0.3, -0.25) is 4.90 Å². The van der Waals surface area contributed by atoms with Crippen molar-refractivity contribution >= 4 is 17.7 Å². The molecule has 0 aliphatic carbocycles. The van der Waals surface area contributed by atoms with Crippen molar-refractivity contribution in [3.05, 3.63) is 71.8 Å². The molecule has 1 heterocycles. The largest absolute Gasteiger partial charge is 0.361 e. The van der Waals surface area contributed by atoms with Crippen LogP contribution < -0.4 is 5.32 Å². The maximum atomic E-state index is 11.9. The molecule has 1 aliphatic heterocycles. The molecule has 0 saturated carbocycles. The molecule has 2 aromatic carbocycles. The van der Waals surface area contributed by atoms with Crippen LogP contribution in [0.15, 0.2) is 70.6 Å². The van der Waals surface area contributed by atoms with Gasteiger partial charge in [-0.05, 0) is 0 Å². The van der Waals surface area contributed by atoms with Gasteiger partial charge in [-0.15, -0.1) is 0 Å². The van der Waals surface area contributed by atoms with Crippen molar-refractivity contribution in [3.63, 3.8) is 0 Å². The van der Waals surface area contributed by atoms with E-state index in [1.165, 1.54) is 11.9 Å². The van der Waals surface area contributed by atoms with E-state index in [4.69, 9.17) is 0 Å². The molecule has 1 aliphatic rings. The van der Waals surface area contributed by atoms with Crippen LogP contribution in [-0.2, 0) is 5.72 Å². The van der Waals surface area contributed by atoms with Crippen LogP contribution in [0.4, 0.5) is 4.79 Å². The van der Waals surface area contributed by atoms with E-state index in [0.29, 0.717) is 11.3 Å². The van der Waals surface area contributed by atoms with Gasteiger partial charge < -0.3 is 10.4 Å². The van der Waals surface area contributed by atoms with Crippen LogP contribution in [-0.4, -0.2) is 41.8 Å². The van der Waals surface area contributed by atoms with Crippen LogP contribution in [0.1, 0.15) is 11.1 Å². The average Bonchev–Trinajstić information content (AvgIpc) is 3.01. The van der Waals surface area contributed by atoms with E-state index in [0.717, 1.165) is 5.56 Å². The molecule has 24 heavy (non-hydrogen) atoms. The summed E-state index contributed by atoms with van der Waals surface area (Å²) in [6.45, 7) is 0. The Balaban J connectivity index is 2.12. The summed E-state index contributed by atoms with van der Waals surface area (Å²) < 4.78 is 0. The van der Waals surface area contributed by atoms with Crippen molar-refractivity contribution in [2.45, 2.75) is 5.72 Å². The van der Waals surface area contributed by atoms with E-state index in [1.807, 2.05) is 48.5 Å². The number of carbonyl (C=O) groups excluding carboxylic acids is 1. The Morgan fingerprint density at radius 1 is 1.08 bits per heavy atom. The Hall–Kier alpha value is -2.99. The number of amides is 2. The number of urea groups is 1. The second kappa shape index (κ2) is 6.25. The molecule has 3 rings (SSSR count). The standard InChI is InChI=1S/C18H18N4O2/c1-19-17(23)22(2)16-20-15(13-9-5-3-6-10-13)18(24,21-16)14-11-7-4-8-12-14/h3-12,24H,1-2H3,(H,19,23). The highest BCUT2D eigenvalue weighted by atomic mass is 16.3. The molecule has 6 heteroatoms. The number of nitrogens with zero attached hydrogens (tertiary/aromatic N) is 3. The zero-order valence-corrected chi connectivity index (χ0v) is 13.5. The second-order valence-corrected chi connectivity index (χ2v) is 5.39. The highest BCUT2D eigenvalue weighted by Gasteiger charge is 2.42. The maximum Gasteiger partial charge on any atom is 0.323 e.